The maximum Gasteiger partial charge on any atom is 0.242 e. The summed E-state index contributed by atoms with van der Waals surface area (Å²) in [5.41, 5.74) is 0.538. The molecule has 102 valence electrons. The Kier molecular flexibility index (Phi) is 4.09. The van der Waals surface area contributed by atoms with Gasteiger partial charge >= 0.3 is 0 Å². The van der Waals surface area contributed by atoms with Crippen LogP contribution in [-0.4, -0.2) is 23.3 Å². The summed E-state index contributed by atoms with van der Waals surface area (Å²) in [6, 6.07) is 5.24. The van der Waals surface area contributed by atoms with Crippen LogP contribution in [0.15, 0.2) is 18.2 Å². The van der Waals surface area contributed by atoms with E-state index in [9.17, 15) is 13.6 Å². The highest BCUT2D eigenvalue weighted by Crippen LogP contribution is 2.33. The van der Waals surface area contributed by atoms with E-state index in [0.29, 0.717) is 23.3 Å². The Morgan fingerprint density at radius 3 is 2.79 bits per heavy atom. The van der Waals surface area contributed by atoms with Crippen LogP contribution >= 0.6 is 11.5 Å². The minimum absolute atomic E-state index is 0.137. The van der Waals surface area contributed by atoms with Crippen LogP contribution in [0.2, 0.25) is 0 Å². The minimum Gasteiger partial charge on any atom is -0.296 e. The van der Waals surface area contributed by atoms with Crippen molar-refractivity contribution in [2.45, 2.75) is 26.7 Å². The molecule has 0 saturated carbocycles. The third-order valence-electron chi connectivity index (χ3n) is 2.89. The fraction of sp³-hybridized carbons (Fsp3) is 0.385. The van der Waals surface area contributed by atoms with Crippen LogP contribution in [0.1, 0.15) is 19.4 Å². The number of amides is 1. The minimum atomic E-state index is -2.41. The monoisotopic (exact) mass is 284 g/mol. The van der Waals surface area contributed by atoms with E-state index in [1.807, 2.05) is 13.0 Å². The summed E-state index contributed by atoms with van der Waals surface area (Å²) < 4.78 is 30.3. The van der Waals surface area contributed by atoms with Gasteiger partial charge in [-0.3, -0.25) is 9.69 Å². The van der Waals surface area contributed by atoms with Gasteiger partial charge in [0, 0.05) is 25.3 Å². The fourth-order valence-electron chi connectivity index (χ4n) is 2.09. The van der Waals surface area contributed by atoms with Crippen LogP contribution < -0.4 is 4.90 Å². The van der Waals surface area contributed by atoms with Gasteiger partial charge in [-0.1, -0.05) is 12.1 Å². The molecule has 3 nitrogen and oxygen atoms in total. The van der Waals surface area contributed by atoms with Crippen molar-refractivity contribution in [2.75, 3.05) is 11.4 Å². The zero-order valence-electron chi connectivity index (χ0n) is 10.7. The van der Waals surface area contributed by atoms with Crippen molar-refractivity contribution in [3.63, 3.8) is 0 Å². The van der Waals surface area contributed by atoms with Gasteiger partial charge in [-0.2, -0.15) is 4.37 Å². The number of alkyl halides is 2. The lowest BCUT2D eigenvalue weighted by atomic mass is 10.1. The summed E-state index contributed by atoms with van der Waals surface area (Å²) in [7, 11) is 0. The second kappa shape index (κ2) is 5.61. The van der Waals surface area contributed by atoms with Crippen LogP contribution in [0, 0.1) is 0 Å². The highest BCUT2D eigenvalue weighted by molar-refractivity contribution is 7.13. The molecule has 19 heavy (non-hydrogen) atoms. The van der Waals surface area contributed by atoms with E-state index in [4.69, 9.17) is 0 Å². The van der Waals surface area contributed by atoms with Crippen LogP contribution in [0.25, 0.3) is 10.1 Å². The van der Waals surface area contributed by atoms with E-state index < -0.39 is 6.43 Å². The van der Waals surface area contributed by atoms with Gasteiger partial charge in [-0.05, 0) is 30.1 Å². The first kappa shape index (κ1) is 13.9. The number of benzene rings is 1. The van der Waals surface area contributed by atoms with Crippen molar-refractivity contribution in [3.05, 3.63) is 23.8 Å². The van der Waals surface area contributed by atoms with Crippen LogP contribution in [0.5, 0.6) is 0 Å². The summed E-state index contributed by atoms with van der Waals surface area (Å²) >= 11 is 1.23. The first-order valence-electron chi connectivity index (χ1n) is 5.98. The van der Waals surface area contributed by atoms with E-state index in [1.54, 1.807) is 12.1 Å². The van der Waals surface area contributed by atoms with E-state index in [2.05, 4.69) is 4.37 Å². The number of aromatic nitrogens is 1. The molecule has 0 unspecified atom stereocenters. The second-order valence-electron chi connectivity index (χ2n) is 4.15. The molecule has 1 amide bonds. The van der Waals surface area contributed by atoms with E-state index >= 15 is 0 Å². The lowest BCUT2D eigenvalue weighted by Gasteiger charge is -2.17. The van der Waals surface area contributed by atoms with Crippen molar-refractivity contribution in [3.8, 4) is 0 Å². The Morgan fingerprint density at radius 1 is 1.47 bits per heavy atom. The summed E-state index contributed by atoms with van der Waals surface area (Å²) in [4.78, 5) is 13.1. The van der Waals surface area contributed by atoms with Crippen LogP contribution in [0.4, 0.5) is 14.6 Å². The number of fused-ring (bicyclic) bond motifs is 1. The molecule has 0 aliphatic carbocycles. The molecule has 0 aliphatic rings. The van der Waals surface area contributed by atoms with Gasteiger partial charge in [-0.15, -0.1) is 0 Å². The molecule has 0 radical (unpaired) electrons. The van der Waals surface area contributed by atoms with Crippen molar-refractivity contribution >= 4 is 33.3 Å². The summed E-state index contributed by atoms with van der Waals surface area (Å²) in [6.07, 6.45) is -2.73. The first-order valence-corrected chi connectivity index (χ1v) is 6.75. The van der Waals surface area contributed by atoms with Crippen LogP contribution in [-0.2, 0) is 11.2 Å². The van der Waals surface area contributed by atoms with Crippen molar-refractivity contribution < 1.29 is 13.6 Å². The van der Waals surface area contributed by atoms with E-state index in [-0.39, 0.29) is 12.3 Å². The first-order chi connectivity index (χ1) is 9.04. The number of rotatable bonds is 4. The lowest BCUT2D eigenvalue weighted by Crippen LogP contribution is -2.28. The number of carbonyl (C=O) groups excluding carboxylic acids is 1. The molecule has 2 rings (SSSR count). The Labute approximate surface area is 114 Å². The molecule has 1 aromatic carbocycles. The molecular weight excluding hydrogens is 270 g/mol. The molecule has 0 atom stereocenters. The molecule has 0 spiro atoms. The number of halogens is 2. The number of hydrogen-bond acceptors (Lipinski definition) is 3. The molecule has 0 aliphatic heterocycles. The number of nitrogens with zero attached hydrogens (tertiary/aromatic N) is 2. The predicted molar refractivity (Wildman–Crippen MR) is 73.0 cm³/mol. The number of anilines is 1. The van der Waals surface area contributed by atoms with Crippen molar-refractivity contribution in [1.82, 2.24) is 4.37 Å². The maximum absolute atomic E-state index is 12.6. The Hall–Kier alpha value is -1.56. The highest BCUT2D eigenvalue weighted by atomic mass is 32.1. The average molecular weight is 284 g/mol. The second-order valence-corrected chi connectivity index (χ2v) is 4.96. The summed E-state index contributed by atoms with van der Waals surface area (Å²) in [5, 5.41) is 0.671. The van der Waals surface area contributed by atoms with Gasteiger partial charge in [0.25, 0.3) is 0 Å². The molecular formula is C13H14F2N2OS. The van der Waals surface area contributed by atoms with Gasteiger partial charge in [0.1, 0.15) is 0 Å². The SMILES string of the molecule is CCN(C(C)=O)c1nsc2cccc(CC(F)F)c12. The van der Waals surface area contributed by atoms with Gasteiger partial charge in [0.05, 0.1) is 4.70 Å². The molecule has 6 heteroatoms. The molecule has 1 heterocycles. The summed E-state index contributed by atoms with van der Waals surface area (Å²) in [5.74, 6) is 0.354. The van der Waals surface area contributed by atoms with Crippen molar-refractivity contribution in [1.29, 1.82) is 0 Å². The average Bonchev–Trinajstić information content (AvgIpc) is 2.74. The van der Waals surface area contributed by atoms with E-state index in [0.717, 1.165) is 4.70 Å². The van der Waals surface area contributed by atoms with Gasteiger partial charge in [0.2, 0.25) is 12.3 Å². The van der Waals surface area contributed by atoms with Crippen LogP contribution in [0.3, 0.4) is 0 Å². The molecule has 0 bridgehead atoms. The third kappa shape index (κ3) is 2.73. The molecule has 0 saturated heterocycles. The standard InChI is InChI=1S/C13H14F2N2OS/c1-3-17(8(2)18)13-12-9(7-11(14)15)5-4-6-10(12)19-16-13/h4-6,11H,3,7H2,1-2H3. The maximum atomic E-state index is 12.6. The fourth-order valence-corrected chi connectivity index (χ4v) is 2.91. The smallest absolute Gasteiger partial charge is 0.242 e. The Morgan fingerprint density at radius 2 is 2.21 bits per heavy atom. The largest absolute Gasteiger partial charge is 0.296 e. The quantitative estimate of drug-likeness (QED) is 0.861. The van der Waals surface area contributed by atoms with Gasteiger partial charge in [-0.25, -0.2) is 8.78 Å². The number of carbonyl (C=O) groups is 1. The van der Waals surface area contributed by atoms with Crippen molar-refractivity contribution in [2.24, 2.45) is 0 Å². The zero-order chi connectivity index (χ0) is 14.0. The molecule has 1 aromatic heterocycles. The zero-order valence-corrected chi connectivity index (χ0v) is 11.5. The normalized spacial score (nSPS) is 11.2. The highest BCUT2D eigenvalue weighted by Gasteiger charge is 2.19. The molecule has 2 aromatic rings. The predicted octanol–water partition coefficient (Wildman–Crippen LogP) is 3.48. The Bertz CT molecular complexity index is 597. The van der Waals surface area contributed by atoms with Gasteiger partial charge in [0.15, 0.2) is 5.82 Å². The summed E-state index contributed by atoms with van der Waals surface area (Å²) in [6.45, 7) is 3.75. The number of hydrogen-bond donors (Lipinski definition) is 0. The molecule has 0 fully saturated rings. The van der Waals surface area contributed by atoms with Gasteiger partial charge < -0.3 is 0 Å². The lowest BCUT2D eigenvalue weighted by molar-refractivity contribution is -0.116. The molecule has 0 N–H and O–H groups in total. The Balaban J connectivity index is 2.59. The van der Waals surface area contributed by atoms with E-state index in [1.165, 1.54) is 23.4 Å². The topological polar surface area (TPSA) is 33.2 Å². The third-order valence-corrected chi connectivity index (χ3v) is 3.69.